The average molecular weight is 432 g/mol. The summed E-state index contributed by atoms with van der Waals surface area (Å²) in [6.45, 7) is 2.41. The van der Waals surface area contributed by atoms with Crippen LogP contribution in [0.1, 0.15) is 19.8 Å². The van der Waals surface area contributed by atoms with Gasteiger partial charge in [0.15, 0.2) is 6.61 Å². The summed E-state index contributed by atoms with van der Waals surface area (Å²) in [5.41, 5.74) is 0.745. The van der Waals surface area contributed by atoms with Crippen molar-refractivity contribution in [1.82, 2.24) is 9.29 Å². The third kappa shape index (κ3) is 5.03. The van der Waals surface area contributed by atoms with Gasteiger partial charge < -0.3 is 9.64 Å². The minimum atomic E-state index is -3.62. The van der Waals surface area contributed by atoms with Crippen molar-refractivity contribution in [2.45, 2.75) is 24.7 Å². The summed E-state index contributed by atoms with van der Waals surface area (Å²) in [6, 6.07) is 12.3. The molecule has 0 unspecified atom stereocenters. The number of para-hydroxylation sites is 1. The fourth-order valence-corrected chi connectivity index (χ4v) is 4.85. The molecule has 1 saturated heterocycles. The highest BCUT2D eigenvalue weighted by Gasteiger charge is 2.33. The Bertz CT molecular complexity index is 959. The Labute approximate surface area is 176 Å². The minimum absolute atomic E-state index is 0.136. The molecule has 1 fully saturated rings. The fourth-order valence-electron chi connectivity index (χ4n) is 3.42. The molecule has 1 aromatic carbocycles. The number of piperidine rings is 1. The van der Waals surface area contributed by atoms with Crippen molar-refractivity contribution < 1.29 is 22.7 Å². The maximum atomic E-state index is 12.6. The number of amides is 1. The van der Waals surface area contributed by atoms with E-state index < -0.39 is 21.9 Å². The molecule has 3 rings (SSSR count). The molecule has 1 aromatic heterocycles. The summed E-state index contributed by atoms with van der Waals surface area (Å²) >= 11 is 0. The molecule has 1 amide bonds. The molecule has 160 valence electrons. The van der Waals surface area contributed by atoms with E-state index in [-0.39, 0.29) is 30.5 Å². The molecular formula is C21H25N3O5S. The molecule has 1 aliphatic rings. The number of hydrogen-bond acceptors (Lipinski definition) is 6. The lowest BCUT2D eigenvalue weighted by Gasteiger charge is -2.30. The van der Waals surface area contributed by atoms with E-state index in [9.17, 15) is 18.0 Å². The first-order chi connectivity index (χ1) is 14.4. The Morgan fingerprint density at radius 1 is 1.13 bits per heavy atom. The smallest absolute Gasteiger partial charge is 0.309 e. The van der Waals surface area contributed by atoms with Crippen LogP contribution in [-0.4, -0.2) is 55.8 Å². The first kappa shape index (κ1) is 21.9. The number of pyridine rings is 1. The van der Waals surface area contributed by atoms with Gasteiger partial charge in [-0.1, -0.05) is 18.2 Å². The molecule has 8 nitrogen and oxygen atoms in total. The monoisotopic (exact) mass is 431 g/mol. The molecule has 0 saturated carbocycles. The molecule has 2 aromatic rings. The third-order valence-corrected chi connectivity index (χ3v) is 6.96. The topological polar surface area (TPSA) is 96.9 Å². The molecule has 2 heterocycles. The Morgan fingerprint density at radius 3 is 2.43 bits per heavy atom. The molecule has 1 aliphatic heterocycles. The molecule has 0 spiro atoms. The molecule has 0 aliphatic carbocycles. The van der Waals surface area contributed by atoms with E-state index in [2.05, 4.69) is 4.98 Å². The van der Waals surface area contributed by atoms with Crippen molar-refractivity contribution in [3.63, 3.8) is 0 Å². The highest BCUT2D eigenvalue weighted by Crippen LogP contribution is 2.24. The van der Waals surface area contributed by atoms with Crippen LogP contribution >= 0.6 is 0 Å². The summed E-state index contributed by atoms with van der Waals surface area (Å²) in [5, 5.41) is 0. The van der Waals surface area contributed by atoms with Crippen LogP contribution in [0.2, 0.25) is 0 Å². The Balaban J connectivity index is 1.51. The van der Waals surface area contributed by atoms with Crippen LogP contribution < -0.4 is 4.90 Å². The zero-order chi connectivity index (χ0) is 21.6. The predicted octanol–water partition coefficient (Wildman–Crippen LogP) is 2.08. The second-order valence-electron chi connectivity index (χ2n) is 6.95. The van der Waals surface area contributed by atoms with Gasteiger partial charge >= 0.3 is 5.97 Å². The van der Waals surface area contributed by atoms with Crippen molar-refractivity contribution in [2.75, 3.05) is 31.1 Å². The number of carbonyl (C=O) groups excluding carboxylic acids is 2. The number of sulfonamides is 1. The van der Waals surface area contributed by atoms with Crippen LogP contribution in [0.3, 0.4) is 0 Å². The quantitative estimate of drug-likeness (QED) is 0.623. The number of rotatable bonds is 7. The predicted molar refractivity (Wildman–Crippen MR) is 111 cm³/mol. The van der Waals surface area contributed by atoms with E-state index in [1.807, 2.05) is 37.3 Å². The summed E-state index contributed by atoms with van der Waals surface area (Å²) in [5.74, 6) is -1.19. The number of carbonyl (C=O) groups is 2. The van der Waals surface area contributed by atoms with Crippen molar-refractivity contribution >= 4 is 27.6 Å². The number of esters is 1. The number of nitrogens with zero attached hydrogens (tertiary/aromatic N) is 3. The summed E-state index contributed by atoms with van der Waals surface area (Å²) in [6.07, 6.45) is 3.53. The molecular weight excluding hydrogens is 406 g/mol. The summed E-state index contributed by atoms with van der Waals surface area (Å²) < 4.78 is 31.9. The lowest BCUT2D eigenvalue weighted by Crippen LogP contribution is -2.41. The van der Waals surface area contributed by atoms with Gasteiger partial charge in [0.2, 0.25) is 10.0 Å². The molecule has 30 heavy (non-hydrogen) atoms. The van der Waals surface area contributed by atoms with Crippen molar-refractivity contribution in [1.29, 1.82) is 0 Å². The first-order valence-corrected chi connectivity index (χ1v) is 11.3. The number of likely N-dealkylation sites (N-methyl/N-ethyl adjacent to an activating group) is 1. The van der Waals surface area contributed by atoms with E-state index in [4.69, 9.17) is 4.74 Å². The second kappa shape index (κ2) is 9.82. The lowest BCUT2D eigenvalue weighted by molar-refractivity contribution is -0.153. The van der Waals surface area contributed by atoms with E-state index in [1.165, 1.54) is 22.8 Å². The van der Waals surface area contributed by atoms with Crippen molar-refractivity contribution in [3.05, 3.63) is 54.9 Å². The number of anilines is 1. The second-order valence-corrected chi connectivity index (χ2v) is 8.89. The van der Waals surface area contributed by atoms with Gasteiger partial charge in [-0.2, -0.15) is 4.31 Å². The van der Waals surface area contributed by atoms with Crippen LogP contribution in [0.4, 0.5) is 5.69 Å². The van der Waals surface area contributed by atoms with Gasteiger partial charge in [0.1, 0.15) is 4.90 Å². The van der Waals surface area contributed by atoms with Crippen LogP contribution in [0, 0.1) is 5.92 Å². The van der Waals surface area contributed by atoms with Gasteiger partial charge in [-0.3, -0.25) is 14.6 Å². The lowest BCUT2D eigenvalue weighted by atomic mass is 9.98. The van der Waals surface area contributed by atoms with E-state index in [0.717, 1.165) is 5.69 Å². The summed E-state index contributed by atoms with van der Waals surface area (Å²) in [7, 11) is -3.62. The fraction of sp³-hybridized carbons (Fsp3) is 0.381. The molecule has 0 bridgehead atoms. The van der Waals surface area contributed by atoms with Crippen LogP contribution in [0.15, 0.2) is 59.8 Å². The maximum Gasteiger partial charge on any atom is 0.309 e. The van der Waals surface area contributed by atoms with Crippen LogP contribution in [-0.2, 0) is 24.3 Å². The highest BCUT2D eigenvalue weighted by molar-refractivity contribution is 7.89. The van der Waals surface area contributed by atoms with Crippen molar-refractivity contribution in [2.24, 2.45) is 5.92 Å². The summed E-state index contributed by atoms with van der Waals surface area (Å²) in [4.78, 5) is 30.4. The number of hydrogen-bond donors (Lipinski definition) is 0. The van der Waals surface area contributed by atoms with E-state index in [1.54, 1.807) is 11.0 Å². The number of benzene rings is 1. The minimum Gasteiger partial charge on any atom is -0.455 e. The van der Waals surface area contributed by atoms with Gasteiger partial charge in [0.25, 0.3) is 5.91 Å². The maximum absolute atomic E-state index is 12.6. The zero-order valence-corrected chi connectivity index (χ0v) is 17.6. The number of aromatic nitrogens is 1. The van der Waals surface area contributed by atoms with E-state index in [0.29, 0.717) is 19.4 Å². The third-order valence-electron chi connectivity index (χ3n) is 5.08. The SMILES string of the molecule is CCN(C(=O)COC(=O)C1CCN(S(=O)(=O)c2cccnc2)CC1)c1ccccc1. The first-order valence-electron chi connectivity index (χ1n) is 9.85. The average Bonchev–Trinajstić information content (AvgIpc) is 2.79. The Hall–Kier alpha value is -2.78. The van der Waals surface area contributed by atoms with Crippen LogP contribution in [0.5, 0.6) is 0 Å². The van der Waals surface area contributed by atoms with E-state index >= 15 is 0 Å². The molecule has 0 radical (unpaired) electrons. The van der Waals surface area contributed by atoms with Gasteiger partial charge in [-0.25, -0.2) is 8.42 Å². The normalized spacial score (nSPS) is 15.5. The van der Waals surface area contributed by atoms with Crippen molar-refractivity contribution in [3.8, 4) is 0 Å². The Kier molecular flexibility index (Phi) is 7.17. The van der Waals surface area contributed by atoms with Gasteiger partial charge in [0.05, 0.1) is 5.92 Å². The van der Waals surface area contributed by atoms with Gasteiger partial charge in [-0.15, -0.1) is 0 Å². The molecule has 9 heteroatoms. The van der Waals surface area contributed by atoms with Crippen LogP contribution in [0.25, 0.3) is 0 Å². The molecule has 0 atom stereocenters. The largest absolute Gasteiger partial charge is 0.455 e. The molecule has 0 N–H and O–H groups in total. The highest BCUT2D eigenvalue weighted by atomic mass is 32.2. The van der Waals surface area contributed by atoms with Gasteiger partial charge in [0, 0.05) is 37.7 Å². The van der Waals surface area contributed by atoms with Gasteiger partial charge in [-0.05, 0) is 44.0 Å². The number of ether oxygens (including phenoxy) is 1. The zero-order valence-electron chi connectivity index (χ0n) is 16.8. The Morgan fingerprint density at radius 2 is 1.83 bits per heavy atom. The standard InChI is InChI=1S/C21H25N3O5S/c1-2-24(18-7-4-3-5-8-18)20(25)16-29-21(26)17-10-13-23(14-11-17)30(27,28)19-9-6-12-22-15-19/h3-9,12,15,17H,2,10-11,13-14,16H2,1H3.